The third-order valence-corrected chi connectivity index (χ3v) is 3.09. The highest BCUT2D eigenvalue weighted by molar-refractivity contribution is 5.82. The van der Waals surface area contributed by atoms with E-state index in [-0.39, 0.29) is 6.04 Å². The van der Waals surface area contributed by atoms with Gasteiger partial charge < -0.3 is 5.73 Å². The zero-order chi connectivity index (χ0) is 12.3. The maximum Gasteiger partial charge on any atom is 0.0705 e. The van der Waals surface area contributed by atoms with Crippen LogP contribution in [0.3, 0.4) is 0 Å². The van der Waals surface area contributed by atoms with Gasteiger partial charge in [-0.2, -0.15) is 0 Å². The van der Waals surface area contributed by atoms with Crippen LogP contribution in [0.5, 0.6) is 0 Å². The van der Waals surface area contributed by atoms with Crippen LogP contribution in [0.1, 0.15) is 31.4 Å². The van der Waals surface area contributed by atoms with Crippen molar-refractivity contribution in [3.8, 4) is 0 Å². The zero-order valence-corrected chi connectivity index (χ0v) is 10.2. The van der Waals surface area contributed by atoms with Crippen LogP contribution in [0, 0.1) is 0 Å². The molecule has 88 valence electrons. The summed E-state index contributed by atoms with van der Waals surface area (Å²) in [5.41, 5.74) is 9.60. The molecule has 0 aliphatic carbocycles. The van der Waals surface area contributed by atoms with Crippen LogP contribution in [-0.4, -0.2) is 4.98 Å². The van der Waals surface area contributed by atoms with E-state index in [0.29, 0.717) is 0 Å². The Kier molecular flexibility index (Phi) is 3.55. The zero-order valence-electron chi connectivity index (χ0n) is 10.2. The number of fused-ring (bicyclic) bond motifs is 1. The van der Waals surface area contributed by atoms with Crippen LogP contribution in [0.25, 0.3) is 10.9 Å². The summed E-state index contributed by atoms with van der Waals surface area (Å²) in [5.74, 6) is 0. The number of nitrogens with two attached hydrogens (primary N) is 1. The average molecular weight is 226 g/mol. The lowest BCUT2D eigenvalue weighted by Gasteiger charge is -2.15. The van der Waals surface area contributed by atoms with E-state index in [9.17, 15) is 0 Å². The average Bonchev–Trinajstić information content (AvgIpc) is 2.37. The molecule has 0 fully saturated rings. The molecule has 2 rings (SSSR count). The quantitative estimate of drug-likeness (QED) is 0.809. The second kappa shape index (κ2) is 5.11. The van der Waals surface area contributed by atoms with Gasteiger partial charge in [0, 0.05) is 17.6 Å². The first kappa shape index (κ1) is 11.8. The van der Waals surface area contributed by atoms with Gasteiger partial charge >= 0.3 is 0 Å². The highest BCUT2D eigenvalue weighted by Crippen LogP contribution is 2.25. The van der Waals surface area contributed by atoms with Crippen LogP contribution in [0.2, 0.25) is 0 Å². The molecule has 2 heteroatoms. The van der Waals surface area contributed by atoms with Crippen molar-refractivity contribution in [1.82, 2.24) is 4.98 Å². The van der Waals surface area contributed by atoms with E-state index in [2.05, 4.69) is 24.6 Å². The number of nitrogens with zero attached hydrogens (tertiary/aromatic N) is 1. The number of benzene rings is 1. The molecule has 2 nitrogen and oxygen atoms in total. The first-order valence-electron chi connectivity index (χ1n) is 5.98. The normalized spacial score (nSPS) is 12.6. The summed E-state index contributed by atoms with van der Waals surface area (Å²) in [6.45, 7) is 6.13. The van der Waals surface area contributed by atoms with E-state index >= 15 is 0 Å². The van der Waals surface area contributed by atoms with E-state index in [0.717, 1.165) is 29.3 Å². The highest BCUT2D eigenvalue weighted by atomic mass is 14.7. The molecule has 2 aromatic rings. The summed E-state index contributed by atoms with van der Waals surface area (Å²) in [4.78, 5) is 4.35. The van der Waals surface area contributed by atoms with E-state index in [1.54, 1.807) is 0 Å². The van der Waals surface area contributed by atoms with Crippen LogP contribution in [-0.2, 0) is 0 Å². The molecule has 1 unspecified atom stereocenters. The molecule has 0 saturated carbocycles. The molecule has 0 aliphatic rings. The van der Waals surface area contributed by atoms with Crippen LogP contribution < -0.4 is 5.73 Å². The molecule has 2 N–H and O–H groups in total. The molecular weight excluding hydrogens is 208 g/mol. The first-order chi connectivity index (χ1) is 8.22. The number of hydrogen-bond acceptors (Lipinski definition) is 2. The number of hydrogen-bond donors (Lipinski definition) is 1. The van der Waals surface area contributed by atoms with Crippen LogP contribution >= 0.6 is 0 Å². The Labute approximate surface area is 102 Å². The molecule has 1 atom stereocenters. The third-order valence-electron chi connectivity index (χ3n) is 3.09. The van der Waals surface area contributed by atoms with Crippen LogP contribution in [0.4, 0.5) is 0 Å². The van der Waals surface area contributed by atoms with Gasteiger partial charge in [0.25, 0.3) is 0 Å². The molecule has 0 bridgehead atoms. The number of pyridine rings is 1. The number of para-hydroxylation sites is 1. The summed E-state index contributed by atoms with van der Waals surface area (Å²) in [6, 6.07) is 10.1. The minimum Gasteiger partial charge on any atom is -0.324 e. The Hall–Kier alpha value is -1.67. The molecule has 1 aromatic carbocycles. The van der Waals surface area contributed by atoms with E-state index in [1.807, 2.05) is 30.5 Å². The molecule has 0 amide bonds. The van der Waals surface area contributed by atoms with Crippen molar-refractivity contribution in [1.29, 1.82) is 0 Å². The molecule has 0 saturated heterocycles. The number of rotatable bonds is 4. The van der Waals surface area contributed by atoms with E-state index < -0.39 is 0 Å². The van der Waals surface area contributed by atoms with Gasteiger partial charge in [-0.25, -0.2) is 0 Å². The lowest BCUT2D eigenvalue weighted by Crippen LogP contribution is -2.11. The van der Waals surface area contributed by atoms with Crippen molar-refractivity contribution >= 4 is 10.9 Å². The van der Waals surface area contributed by atoms with Crippen molar-refractivity contribution < 1.29 is 0 Å². The first-order valence-corrected chi connectivity index (χ1v) is 5.98. The molecule has 1 heterocycles. The number of aromatic nitrogens is 1. The Morgan fingerprint density at radius 1 is 1.35 bits per heavy atom. The topological polar surface area (TPSA) is 38.9 Å². The summed E-state index contributed by atoms with van der Waals surface area (Å²) in [5, 5.41) is 1.14. The fourth-order valence-corrected chi connectivity index (χ4v) is 2.01. The fourth-order valence-electron chi connectivity index (χ4n) is 2.01. The van der Waals surface area contributed by atoms with Crippen LogP contribution in [0.15, 0.2) is 48.7 Å². The highest BCUT2D eigenvalue weighted by Gasteiger charge is 2.10. The van der Waals surface area contributed by atoms with E-state index in [4.69, 9.17) is 5.73 Å². The second-order valence-electron chi connectivity index (χ2n) is 4.33. The minimum absolute atomic E-state index is 0.00958. The summed E-state index contributed by atoms with van der Waals surface area (Å²) >= 11 is 0. The molecular formula is C15H18N2. The monoisotopic (exact) mass is 226 g/mol. The largest absolute Gasteiger partial charge is 0.324 e. The summed E-state index contributed by atoms with van der Waals surface area (Å²) < 4.78 is 0. The summed E-state index contributed by atoms with van der Waals surface area (Å²) in [6.07, 6.45) is 3.65. The maximum atomic E-state index is 6.25. The van der Waals surface area contributed by atoms with Gasteiger partial charge in [0.1, 0.15) is 0 Å². The Morgan fingerprint density at radius 3 is 2.88 bits per heavy atom. The van der Waals surface area contributed by atoms with Crippen molar-refractivity contribution in [2.45, 2.75) is 25.8 Å². The lowest BCUT2D eigenvalue weighted by atomic mass is 9.96. The smallest absolute Gasteiger partial charge is 0.0705 e. The van der Waals surface area contributed by atoms with Gasteiger partial charge in [-0.15, -0.1) is 0 Å². The molecule has 0 radical (unpaired) electrons. The minimum atomic E-state index is 0.00958. The third kappa shape index (κ3) is 2.53. The predicted octanol–water partition coefficient (Wildman–Crippen LogP) is 3.59. The molecule has 17 heavy (non-hydrogen) atoms. The maximum absolute atomic E-state index is 6.25. The Bertz CT molecular complexity index is 526. The fraction of sp³-hybridized carbons (Fsp3) is 0.267. The molecule has 1 aromatic heterocycles. The molecule has 0 spiro atoms. The molecule has 0 aliphatic heterocycles. The van der Waals surface area contributed by atoms with Gasteiger partial charge in [0.2, 0.25) is 0 Å². The standard InChI is InChI=1S/C15H18N2/c1-3-11(2)10-14(16)12-8-9-17-15-7-5-4-6-13(12)15/h4-9,14H,2-3,10,16H2,1H3. The van der Waals surface area contributed by atoms with Crippen molar-refractivity contribution in [3.63, 3.8) is 0 Å². The predicted molar refractivity (Wildman–Crippen MR) is 72.7 cm³/mol. The second-order valence-corrected chi connectivity index (χ2v) is 4.33. The van der Waals surface area contributed by atoms with E-state index in [1.165, 1.54) is 5.57 Å². The summed E-state index contributed by atoms with van der Waals surface area (Å²) in [7, 11) is 0. The van der Waals surface area contributed by atoms with Gasteiger partial charge in [-0.3, -0.25) is 4.98 Å². The lowest BCUT2D eigenvalue weighted by molar-refractivity contribution is 0.706. The van der Waals surface area contributed by atoms with Crippen molar-refractivity contribution in [2.75, 3.05) is 0 Å². The SMILES string of the molecule is C=C(CC)CC(N)c1ccnc2ccccc12. The van der Waals surface area contributed by atoms with Gasteiger partial charge in [0.05, 0.1) is 5.52 Å². The van der Waals surface area contributed by atoms with Crippen molar-refractivity contribution in [2.24, 2.45) is 5.73 Å². The van der Waals surface area contributed by atoms with Gasteiger partial charge in [-0.1, -0.05) is 37.3 Å². The van der Waals surface area contributed by atoms with Gasteiger partial charge in [0.15, 0.2) is 0 Å². The van der Waals surface area contributed by atoms with Crippen molar-refractivity contribution in [3.05, 3.63) is 54.2 Å². The van der Waals surface area contributed by atoms with Gasteiger partial charge in [-0.05, 0) is 30.5 Å². The Balaban J connectivity index is 2.38. The Morgan fingerprint density at radius 2 is 2.12 bits per heavy atom.